The van der Waals surface area contributed by atoms with E-state index in [1.54, 1.807) is 0 Å². The minimum Gasteiger partial charge on any atom is -0.378 e. The first-order chi connectivity index (χ1) is 10.7. The van der Waals surface area contributed by atoms with E-state index < -0.39 is 0 Å². The number of carbonyl (C=O) groups excluding carboxylic acids is 1. The van der Waals surface area contributed by atoms with Gasteiger partial charge in [0.25, 0.3) is 5.91 Å². The molecule has 0 spiro atoms. The fourth-order valence-corrected chi connectivity index (χ4v) is 2.63. The van der Waals surface area contributed by atoms with Crippen LogP contribution in [0.2, 0.25) is 0 Å². The van der Waals surface area contributed by atoms with Gasteiger partial charge in [0.2, 0.25) is 0 Å². The molecule has 0 aromatic heterocycles. The molecular weight excluding hydrogens is 276 g/mol. The third-order valence-corrected chi connectivity index (χ3v) is 3.87. The van der Waals surface area contributed by atoms with Crippen LogP contribution in [0, 0.1) is 6.92 Å². The molecule has 1 fully saturated rings. The number of carbonyl (C=O) groups is 1. The first-order valence-electron chi connectivity index (χ1n) is 7.54. The molecule has 4 heteroatoms. The molecule has 0 unspecified atom stereocenters. The van der Waals surface area contributed by atoms with Crippen LogP contribution in [0.15, 0.2) is 48.5 Å². The fourth-order valence-electron chi connectivity index (χ4n) is 2.63. The lowest BCUT2D eigenvalue weighted by atomic mass is 10.1. The molecule has 1 saturated heterocycles. The highest BCUT2D eigenvalue weighted by Gasteiger charge is 2.13. The Hall–Kier alpha value is -2.33. The summed E-state index contributed by atoms with van der Waals surface area (Å²) >= 11 is 0. The van der Waals surface area contributed by atoms with Gasteiger partial charge in [0, 0.05) is 30.0 Å². The topological polar surface area (TPSA) is 41.6 Å². The number of rotatable bonds is 3. The van der Waals surface area contributed by atoms with Crippen LogP contribution >= 0.6 is 0 Å². The van der Waals surface area contributed by atoms with Gasteiger partial charge < -0.3 is 15.0 Å². The number of benzene rings is 2. The molecule has 1 N–H and O–H groups in total. The zero-order valence-corrected chi connectivity index (χ0v) is 12.7. The Labute approximate surface area is 130 Å². The molecule has 114 valence electrons. The Bertz CT molecular complexity index is 664. The van der Waals surface area contributed by atoms with Crippen molar-refractivity contribution in [2.45, 2.75) is 6.92 Å². The molecule has 4 nitrogen and oxygen atoms in total. The molecule has 3 rings (SSSR count). The highest BCUT2D eigenvalue weighted by atomic mass is 16.5. The van der Waals surface area contributed by atoms with Gasteiger partial charge in [0.1, 0.15) is 0 Å². The highest BCUT2D eigenvalue weighted by Crippen LogP contribution is 2.21. The number of ether oxygens (including phenoxy) is 1. The van der Waals surface area contributed by atoms with Crippen LogP contribution in [0.1, 0.15) is 15.9 Å². The molecule has 0 saturated carbocycles. The summed E-state index contributed by atoms with van der Waals surface area (Å²) in [5.41, 5.74) is 3.62. The zero-order valence-electron chi connectivity index (χ0n) is 12.7. The van der Waals surface area contributed by atoms with Crippen molar-refractivity contribution in [2.75, 3.05) is 36.5 Å². The summed E-state index contributed by atoms with van der Waals surface area (Å²) in [5.74, 6) is -0.0720. The summed E-state index contributed by atoms with van der Waals surface area (Å²) in [7, 11) is 0. The second-order valence-corrected chi connectivity index (χ2v) is 5.42. The lowest BCUT2D eigenvalue weighted by Crippen LogP contribution is -2.36. The van der Waals surface area contributed by atoms with Crippen LogP contribution < -0.4 is 10.2 Å². The van der Waals surface area contributed by atoms with E-state index in [-0.39, 0.29) is 5.91 Å². The Morgan fingerprint density at radius 1 is 1.09 bits per heavy atom. The maximum Gasteiger partial charge on any atom is 0.255 e. The predicted octanol–water partition coefficient (Wildman–Crippen LogP) is 3.08. The van der Waals surface area contributed by atoms with Gasteiger partial charge in [-0.1, -0.05) is 24.3 Å². The third-order valence-electron chi connectivity index (χ3n) is 3.87. The van der Waals surface area contributed by atoms with Crippen LogP contribution in [-0.4, -0.2) is 32.2 Å². The first kappa shape index (κ1) is 14.6. The monoisotopic (exact) mass is 296 g/mol. The van der Waals surface area contributed by atoms with Gasteiger partial charge in [-0.2, -0.15) is 0 Å². The van der Waals surface area contributed by atoms with Crippen molar-refractivity contribution in [3.8, 4) is 0 Å². The predicted molar refractivity (Wildman–Crippen MR) is 88.6 cm³/mol. The average molecular weight is 296 g/mol. The summed E-state index contributed by atoms with van der Waals surface area (Å²) in [6.45, 7) is 5.21. The van der Waals surface area contributed by atoms with E-state index in [0.717, 1.165) is 43.2 Å². The number of anilines is 2. The Morgan fingerprint density at radius 3 is 2.64 bits per heavy atom. The molecule has 0 radical (unpaired) electrons. The molecule has 0 atom stereocenters. The van der Waals surface area contributed by atoms with Crippen molar-refractivity contribution in [1.29, 1.82) is 0 Å². The summed E-state index contributed by atoms with van der Waals surface area (Å²) in [5, 5.41) is 2.98. The van der Waals surface area contributed by atoms with Gasteiger partial charge in [0.05, 0.1) is 13.2 Å². The number of nitrogens with zero attached hydrogens (tertiary/aromatic N) is 1. The molecule has 1 aliphatic rings. The Morgan fingerprint density at radius 2 is 1.86 bits per heavy atom. The van der Waals surface area contributed by atoms with Crippen LogP contribution in [0.25, 0.3) is 0 Å². The van der Waals surface area contributed by atoms with E-state index >= 15 is 0 Å². The fraction of sp³-hybridized carbons (Fsp3) is 0.278. The lowest BCUT2D eigenvalue weighted by Gasteiger charge is -2.29. The smallest absolute Gasteiger partial charge is 0.255 e. The molecular formula is C18H20N2O2. The van der Waals surface area contributed by atoms with Gasteiger partial charge in [-0.05, 0) is 36.8 Å². The molecule has 0 aliphatic carbocycles. The second kappa shape index (κ2) is 6.62. The van der Waals surface area contributed by atoms with Gasteiger partial charge in [0.15, 0.2) is 0 Å². The van der Waals surface area contributed by atoms with E-state index in [4.69, 9.17) is 4.74 Å². The van der Waals surface area contributed by atoms with Crippen molar-refractivity contribution < 1.29 is 9.53 Å². The van der Waals surface area contributed by atoms with Crippen molar-refractivity contribution >= 4 is 17.3 Å². The molecule has 2 aromatic rings. The van der Waals surface area contributed by atoms with Crippen molar-refractivity contribution in [2.24, 2.45) is 0 Å². The van der Waals surface area contributed by atoms with Crippen molar-refractivity contribution in [3.63, 3.8) is 0 Å². The number of hydrogen-bond acceptors (Lipinski definition) is 3. The van der Waals surface area contributed by atoms with Crippen LogP contribution in [0.5, 0.6) is 0 Å². The normalized spacial score (nSPS) is 14.7. The van der Waals surface area contributed by atoms with Crippen molar-refractivity contribution in [3.05, 3.63) is 59.7 Å². The first-order valence-corrected chi connectivity index (χ1v) is 7.54. The number of hydrogen-bond donors (Lipinski definition) is 1. The minimum atomic E-state index is -0.0720. The number of nitrogens with one attached hydrogen (secondary N) is 1. The van der Waals surface area contributed by atoms with Crippen molar-refractivity contribution in [1.82, 2.24) is 0 Å². The summed E-state index contributed by atoms with van der Waals surface area (Å²) in [4.78, 5) is 14.6. The van der Waals surface area contributed by atoms with E-state index in [9.17, 15) is 4.79 Å². The average Bonchev–Trinajstić information content (AvgIpc) is 2.56. The van der Waals surface area contributed by atoms with Crippen LogP contribution in [0.4, 0.5) is 11.4 Å². The van der Waals surface area contributed by atoms with Crippen LogP contribution in [0.3, 0.4) is 0 Å². The van der Waals surface area contributed by atoms with E-state index in [1.807, 2.05) is 49.4 Å². The summed E-state index contributed by atoms with van der Waals surface area (Å²) < 4.78 is 5.38. The number of amides is 1. The minimum absolute atomic E-state index is 0.0720. The third kappa shape index (κ3) is 3.28. The standard InChI is InChI=1S/C18H20N2O2/c1-14-5-2-3-8-17(14)18(21)19-15-6-4-7-16(13-15)20-9-11-22-12-10-20/h2-8,13H,9-12H2,1H3,(H,19,21). The Kier molecular flexibility index (Phi) is 4.39. The quantitative estimate of drug-likeness (QED) is 0.946. The second-order valence-electron chi connectivity index (χ2n) is 5.42. The molecule has 1 heterocycles. The maximum atomic E-state index is 12.4. The molecule has 1 aliphatic heterocycles. The molecule has 22 heavy (non-hydrogen) atoms. The number of morpholine rings is 1. The highest BCUT2D eigenvalue weighted by molar-refractivity contribution is 6.05. The Balaban J connectivity index is 1.75. The number of aryl methyl sites for hydroxylation is 1. The van der Waals surface area contributed by atoms with E-state index in [1.165, 1.54) is 0 Å². The van der Waals surface area contributed by atoms with Crippen LogP contribution in [-0.2, 0) is 4.74 Å². The largest absolute Gasteiger partial charge is 0.378 e. The van der Waals surface area contributed by atoms with Gasteiger partial charge in [-0.15, -0.1) is 0 Å². The lowest BCUT2D eigenvalue weighted by molar-refractivity contribution is 0.102. The summed E-state index contributed by atoms with van der Waals surface area (Å²) in [6, 6.07) is 15.6. The summed E-state index contributed by atoms with van der Waals surface area (Å²) in [6.07, 6.45) is 0. The molecule has 1 amide bonds. The van der Waals surface area contributed by atoms with E-state index in [0.29, 0.717) is 5.56 Å². The van der Waals surface area contributed by atoms with Gasteiger partial charge in [-0.3, -0.25) is 4.79 Å². The SMILES string of the molecule is Cc1ccccc1C(=O)Nc1cccc(N2CCOCC2)c1. The molecule has 2 aromatic carbocycles. The molecule has 0 bridgehead atoms. The van der Waals surface area contributed by atoms with Gasteiger partial charge >= 0.3 is 0 Å². The van der Waals surface area contributed by atoms with E-state index in [2.05, 4.69) is 16.3 Å². The van der Waals surface area contributed by atoms with Gasteiger partial charge in [-0.25, -0.2) is 0 Å². The maximum absolute atomic E-state index is 12.4. The zero-order chi connectivity index (χ0) is 15.4.